The normalized spacial score (nSPS) is 24.9. The monoisotopic (exact) mass is 545 g/mol. The van der Waals surface area contributed by atoms with Crippen molar-refractivity contribution < 1.29 is 14.0 Å². The predicted octanol–water partition coefficient (Wildman–Crippen LogP) is 5.27. The third-order valence-corrected chi connectivity index (χ3v) is 9.59. The lowest BCUT2D eigenvalue weighted by Gasteiger charge is -2.44. The van der Waals surface area contributed by atoms with Gasteiger partial charge in [-0.15, -0.1) is 0 Å². The molecule has 1 N–H and O–H groups in total. The van der Waals surface area contributed by atoms with Crippen LogP contribution >= 0.6 is 0 Å². The number of likely N-dealkylation sites (tertiary alicyclic amines) is 1. The molecule has 3 saturated heterocycles. The smallest absolute Gasteiger partial charge is 0.256 e. The topological polar surface area (TPSA) is 70.5 Å². The van der Waals surface area contributed by atoms with E-state index < -0.39 is 5.82 Å². The second-order valence-electron chi connectivity index (χ2n) is 12.2. The van der Waals surface area contributed by atoms with Crippen molar-refractivity contribution in [3.05, 3.63) is 59.8 Å². The van der Waals surface area contributed by atoms with Crippen molar-refractivity contribution >= 4 is 22.7 Å². The Balaban J connectivity index is 1.29. The molecule has 8 heteroatoms. The maximum atomic E-state index is 14.4. The van der Waals surface area contributed by atoms with Crippen molar-refractivity contribution in [3.63, 3.8) is 0 Å². The van der Waals surface area contributed by atoms with E-state index in [2.05, 4.69) is 21.4 Å². The van der Waals surface area contributed by atoms with Crippen molar-refractivity contribution in [1.82, 2.24) is 24.7 Å². The average Bonchev–Trinajstić information content (AvgIpc) is 3.18. The Morgan fingerprint density at radius 2 is 1.88 bits per heavy atom. The van der Waals surface area contributed by atoms with Gasteiger partial charge >= 0.3 is 0 Å². The second-order valence-corrected chi connectivity index (χ2v) is 12.2. The van der Waals surface area contributed by atoms with Gasteiger partial charge in [0.15, 0.2) is 0 Å². The van der Waals surface area contributed by atoms with E-state index in [1.807, 2.05) is 30.7 Å². The van der Waals surface area contributed by atoms with E-state index in [0.717, 1.165) is 43.3 Å². The van der Waals surface area contributed by atoms with Gasteiger partial charge in [-0.25, -0.2) is 4.39 Å². The molecule has 1 aromatic carbocycles. The minimum absolute atomic E-state index is 0.0158. The van der Waals surface area contributed by atoms with Crippen molar-refractivity contribution in [2.45, 2.75) is 82.8 Å². The van der Waals surface area contributed by atoms with Crippen LogP contribution in [0.2, 0.25) is 0 Å². The molecule has 5 heterocycles. The molecule has 1 aliphatic carbocycles. The molecule has 1 unspecified atom stereocenters. The maximum Gasteiger partial charge on any atom is 0.256 e. The zero-order chi connectivity index (χ0) is 28.0. The second kappa shape index (κ2) is 11.0. The highest BCUT2D eigenvalue weighted by Crippen LogP contribution is 2.38. The Hall–Kier alpha value is -3.26. The van der Waals surface area contributed by atoms with Crippen molar-refractivity contribution in [2.24, 2.45) is 5.92 Å². The molecule has 2 amide bonds. The molecule has 0 radical (unpaired) electrons. The van der Waals surface area contributed by atoms with E-state index in [4.69, 9.17) is 0 Å². The molecule has 40 heavy (non-hydrogen) atoms. The Labute approximate surface area is 235 Å². The van der Waals surface area contributed by atoms with Crippen LogP contribution in [-0.2, 0) is 4.79 Å². The van der Waals surface area contributed by atoms with Gasteiger partial charge in [0.1, 0.15) is 5.82 Å². The van der Waals surface area contributed by atoms with E-state index in [-0.39, 0.29) is 29.8 Å². The van der Waals surface area contributed by atoms with Crippen LogP contribution in [0, 0.1) is 11.7 Å². The van der Waals surface area contributed by atoms with Gasteiger partial charge in [-0.2, -0.15) is 0 Å². The average molecular weight is 546 g/mol. The fraction of sp³-hybridized carbons (Fsp3) is 0.531. The summed E-state index contributed by atoms with van der Waals surface area (Å²) in [5, 5.41) is 4.72. The highest BCUT2D eigenvalue weighted by molar-refractivity contribution is 5.99. The first kappa shape index (κ1) is 26.9. The summed E-state index contributed by atoms with van der Waals surface area (Å²) in [6.45, 7) is 5.43. The number of nitrogens with one attached hydrogen (secondary N) is 1. The summed E-state index contributed by atoms with van der Waals surface area (Å²) in [7, 11) is 1.75. The molecule has 1 saturated carbocycles. The number of carbonyl (C=O) groups is 2. The molecule has 2 bridgehead atoms. The summed E-state index contributed by atoms with van der Waals surface area (Å²) in [6.07, 6.45) is 13.3. The lowest BCUT2D eigenvalue weighted by Crippen LogP contribution is -2.59. The summed E-state index contributed by atoms with van der Waals surface area (Å²) >= 11 is 0. The van der Waals surface area contributed by atoms with Gasteiger partial charge in [0, 0.05) is 50.0 Å². The maximum absolute atomic E-state index is 14.4. The van der Waals surface area contributed by atoms with E-state index in [1.54, 1.807) is 24.2 Å². The lowest BCUT2D eigenvalue weighted by atomic mass is 9.76. The minimum atomic E-state index is -0.437. The molecule has 4 aliphatic rings. The van der Waals surface area contributed by atoms with Crippen molar-refractivity contribution in [3.8, 4) is 5.69 Å². The number of carbonyl (C=O) groups excluding carboxylic acids is 2. The van der Waals surface area contributed by atoms with Gasteiger partial charge < -0.3 is 19.7 Å². The Morgan fingerprint density at radius 1 is 1.07 bits per heavy atom. The third-order valence-electron chi connectivity index (χ3n) is 9.59. The number of fused-ring (bicyclic) bond motifs is 4. The molecular formula is C32H40FN5O2. The zero-order valence-electron chi connectivity index (χ0n) is 23.8. The summed E-state index contributed by atoms with van der Waals surface area (Å²) in [5.74, 6) is 0.381. The summed E-state index contributed by atoms with van der Waals surface area (Å²) < 4.78 is 16.4. The molecule has 3 aliphatic heterocycles. The van der Waals surface area contributed by atoms with E-state index in [1.165, 1.54) is 43.4 Å². The molecule has 2 atom stereocenters. The summed E-state index contributed by atoms with van der Waals surface area (Å²) in [4.78, 5) is 35.1. The SMILES string of the molecule is CC(C)N(C)C(=O)c1cc(F)ccc1-n1cc(C2CCCN(C(=O)[C@H]3NC4CCC3CC4)CC2)c2ccncc21. The number of hydrogen-bond donors (Lipinski definition) is 1. The number of rotatable bonds is 5. The first-order valence-electron chi connectivity index (χ1n) is 14.9. The number of amides is 2. The predicted molar refractivity (Wildman–Crippen MR) is 154 cm³/mol. The molecular weight excluding hydrogens is 505 g/mol. The summed E-state index contributed by atoms with van der Waals surface area (Å²) in [5.41, 5.74) is 3.06. The van der Waals surface area contributed by atoms with Gasteiger partial charge in [-0.3, -0.25) is 14.6 Å². The van der Waals surface area contributed by atoms with E-state index >= 15 is 0 Å². The van der Waals surface area contributed by atoms with Gasteiger partial charge in [-0.1, -0.05) is 0 Å². The van der Waals surface area contributed by atoms with Crippen LogP contribution in [0.1, 0.15) is 80.6 Å². The van der Waals surface area contributed by atoms with Crippen LogP contribution in [0.4, 0.5) is 4.39 Å². The fourth-order valence-electron chi connectivity index (χ4n) is 7.05. The molecule has 4 fully saturated rings. The first-order chi connectivity index (χ1) is 19.3. The van der Waals surface area contributed by atoms with Gasteiger partial charge in [0.2, 0.25) is 5.91 Å². The molecule has 2 aromatic heterocycles. The molecule has 212 valence electrons. The highest BCUT2D eigenvalue weighted by Gasteiger charge is 2.41. The van der Waals surface area contributed by atoms with Crippen molar-refractivity contribution in [2.75, 3.05) is 20.1 Å². The van der Waals surface area contributed by atoms with Gasteiger partial charge in [0.25, 0.3) is 5.91 Å². The van der Waals surface area contributed by atoms with E-state index in [9.17, 15) is 14.0 Å². The summed E-state index contributed by atoms with van der Waals surface area (Å²) in [6, 6.07) is 6.92. The molecule has 7 nitrogen and oxygen atoms in total. The van der Waals surface area contributed by atoms with Gasteiger partial charge in [0.05, 0.1) is 29.0 Å². The Bertz CT molecular complexity index is 1410. The number of benzene rings is 1. The van der Waals surface area contributed by atoms with Crippen LogP contribution in [0.25, 0.3) is 16.6 Å². The number of pyridine rings is 1. The van der Waals surface area contributed by atoms with Crippen LogP contribution in [0.3, 0.4) is 0 Å². The largest absolute Gasteiger partial charge is 0.341 e. The number of nitrogens with zero attached hydrogens (tertiary/aromatic N) is 4. The van der Waals surface area contributed by atoms with Crippen LogP contribution in [-0.4, -0.2) is 69.4 Å². The minimum Gasteiger partial charge on any atom is -0.341 e. The number of piperidine rings is 2. The highest BCUT2D eigenvalue weighted by atomic mass is 19.1. The number of aromatic nitrogens is 2. The van der Waals surface area contributed by atoms with Gasteiger partial charge in [-0.05, 0) is 100 Å². The quantitative estimate of drug-likeness (QED) is 0.474. The fourth-order valence-corrected chi connectivity index (χ4v) is 7.05. The van der Waals surface area contributed by atoms with E-state index in [0.29, 0.717) is 23.2 Å². The third kappa shape index (κ3) is 4.91. The molecule has 7 rings (SSSR count). The van der Waals surface area contributed by atoms with Crippen molar-refractivity contribution in [1.29, 1.82) is 0 Å². The zero-order valence-corrected chi connectivity index (χ0v) is 23.8. The Morgan fingerprint density at radius 3 is 2.60 bits per heavy atom. The number of hydrogen-bond acceptors (Lipinski definition) is 4. The molecule has 3 aromatic rings. The Kier molecular flexibility index (Phi) is 7.38. The lowest BCUT2D eigenvalue weighted by molar-refractivity contribution is -0.137. The number of halogens is 1. The standard InChI is InChI=1S/C32H40FN5O2/c1-20(2)36(3)31(39)26-17-23(33)8-11-28(26)38-19-27(25-12-14-34-18-29(25)38)21-5-4-15-37(16-13-21)32(40)30-22-6-9-24(35-30)10-7-22/h8,11-12,14,17-22,24,30,35H,4-7,9-10,13,15-16H2,1-3H3/t21?,22?,24?,30-/m0/s1. The van der Waals surface area contributed by atoms with Crippen LogP contribution in [0.5, 0.6) is 0 Å². The van der Waals surface area contributed by atoms with Crippen LogP contribution in [0.15, 0.2) is 42.9 Å². The molecule has 0 spiro atoms. The first-order valence-corrected chi connectivity index (χ1v) is 14.9. The van der Waals surface area contributed by atoms with Crippen LogP contribution < -0.4 is 5.32 Å².